The van der Waals surface area contributed by atoms with Crippen molar-refractivity contribution in [3.63, 3.8) is 0 Å². The Balaban J connectivity index is 1.91. The van der Waals surface area contributed by atoms with E-state index in [-0.39, 0.29) is 30.4 Å². The van der Waals surface area contributed by atoms with Gasteiger partial charge in [0, 0.05) is 31.3 Å². The second-order valence-electron chi connectivity index (χ2n) is 6.01. The molecule has 1 saturated heterocycles. The zero-order valence-corrected chi connectivity index (χ0v) is 13.2. The molecule has 1 fully saturated rings. The number of hydrogen-bond acceptors (Lipinski definition) is 3. The highest BCUT2D eigenvalue weighted by Gasteiger charge is 2.21. The van der Waals surface area contributed by atoms with Crippen LogP contribution in [0.15, 0.2) is 24.3 Å². The molecule has 1 heterocycles. The van der Waals surface area contributed by atoms with Gasteiger partial charge in [-0.05, 0) is 37.0 Å². The van der Waals surface area contributed by atoms with Crippen molar-refractivity contribution in [2.24, 2.45) is 5.92 Å². The van der Waals surface area contributed by atoms with E-state index < -0.39 is 0 Å². The van der Waals surface area contributed by atoms with E-state index in [1.165, 1.54) is 0 Å². The molecule has 0 saturated carbocycles. The van der Waals surface area contributed by atoms with Crippen LogP contribution >= 0.6 is 0 Å². The first-order chi connectivity index (χ1) is 10.5. The number of anilines is 1. The minimum Gasteiger partial charge on any atom is -0.396 e. The number of nitrogens with zero attached hydrogens (tertiary/aromatic N) is 1. The molecule has 0 aliphatic carbocycles. The first-order valence-corrected chi connectivity index (χ1v) is 7.80. The van der Waals surface area contributed by atoms with E-state index >= 15 is 0 Å². The minimum absolute atomic E-state index is 0.0347. The fourth-order valence-corrected chi connectivity index (χ4v) is 2.51. The van der Waals surface area contributed by atoms with E-state index in [4.69, 9.17) is 5.11 Å². The normalized spacial score (nSPS) is 17.4. The lowest BCUT2D eigenvalue weighted by Gasteiger charge is -2.19. The summed E-state index contributed by atoms with van der Waals surface area (Å²) in [4.78, 5) is 25.5. The molecule has 1 aliphatic heterocycles. The molecular weight excluding hydrogens is 280 g/mol. The average molecular weight is 304 g/mol. The van der Waals surface area contributed by atoms with Gasteiger partial charge in [-0.15, -0.1) is 0 Å². The summed E-state index contributed by atoms with van der Waals surface area (Å²) in [6, 6.07) is 7.51. The van der Waals surface area contributed by atoms with Gasteiger partial charge in [0.15, 0.2) is 0 Å². The number of nitrogens with one attached hydrogen (secondary N) is 1. The zero-order chi connectivity index (χ0) is 16.1. The topological polar surface area (TPSA) is 69.6 Å². The fourth-order valence-electron chi connectivity index (χ4n) is 2.51. The number of hydrogen-bond donors (Lipinski definition) is 2. The van der Waals surface area contributed by atoms with Crippen LogP contribution in [0.4, 0.5) is 5.69 Å². The predicted molar refractivity (Wildman–Crippen MR) is 85.6 cm³/mol. The Labute approximate surface area is 131 Å². The van der Waals surface area contributed by atoms with Gasteiger partial charge in [-0.1, -0.05) is 19.1 Å². The molecule has 2 amide bonds. The first kappa shape index (κ1) is 16.5. The van der Waals surface area contributed by atoms with Gasteiger partial charge in [0.2, 0.25) is 11.8 Å². The molecule has 1 aliphatic rings. The predicted octanol–water partition coefficient (Wildman–Crippen LogP) is 1.49. The van der Waals surface area contributed by atoms with Crippen molar-refractivity contribution in [2.45, 2.75) is 39.2 Å². The summed E-state index contributed by atoms with van der Waals surface area (Å²) in [5, 5.41) is 12.0. The molecular formula is C17H24N2O3. The fraction of sp³-hybridized carbons (Fsp3) is 0.529. The molecule has 22 heavy (non-hydrogen) atoms. The van der Waals surface area contributed by atoms with Crippen molar-refractivity contribution in [2.75, 3.05) is 18.1 Å². The molecule has 0 spiro atoms. The van der Waals surface area contributed by atoms with E-state index in [0.29, 0.717) is 12.8 Å². The average Bonchev–Trinajstić information content (AvgIpc) is 2.93. The Bertz CT molecular complexity index is 527. The monoisotopic (exact) mass is 304 g/mol. The Morgan fingerprint density at radius 2 is 2.00 bits per heavy atom. The van der Waals surface area contributed by atoms with Crippen LogP contribution in [-0.4, -0.2) is 36.1 Å². The van der Waals surface area contributed by atoms with E-state index in [9.17, 15) is 9.59 Å². The summed E-state index contributed by atoms with van der Waals surface area (Å²) >= 11 is 0. The largest absolute Gasteiger partial charge is 0.396 e. The smallest absolute Gasteiger partial charge is 0.227 e. The van der Waals surface area contributed by atoms with Crippen molar-refractivity contribution < 1.29 is 14.7 Å². The molecule has 120 valence electrons. The second-order valence-corrected chi connectivity index (χ2v) is 6.01. The van der Waals surface area contributed by atoms with Crippen LogP contribution in [-0.2, 0) is 16.0 Å². The van der Waals surface area contributed by atoms with Crippen LogP contribution in [0.2, 0.25) is 0 Å². The van der Waals surface area contributed by atoms with Gasteiger partial charge >= 0.3 is 0 Å². The Morgan fingerprint density at radius 1 is 1.32 bits per heavy atom. The number of aliphatic hydroxyl groups is 1. The summed E-state index contributed by atoms with van der Waals surface area (Å²) < 4.78 is 0. The molecule has 0 radical (unpaired) electrons. The molecule has 2 N–H and O–H groups in total. The lowest BCUT2D eigenvalue weighted by Crippen LogP contribution is -2.39. The summed E-state index contributed by atoms with van der Waals surface area (Å²) in [6.45, 7) is 4.61. The Kier molecular flexibility index (Phi) is 5.55. The number of rotatable bonds is 6. The first-order valence-electron chi connectivity index (χ1n) is 7.80. The van der Waals surface area contributed by atoms with Crippen molar-refractivity contribution in [1.29, 1.82) is 0 Å². The van der Waals surface area contributed by atoms with Gasteiger partial charge in [0.25, 0.3) is 0 Å². The van der Waals surface area contributed by atoms with Crippen LogP contribution in [0.5, 0.6) is 0 Å². The number of benzene rings is 1. The van der Waals surface area contributed by atoms with E-state index in [1.54, 1.807) is 4.90 Å². The zero-order valence-electron chi connectivity index (χ0n) is 13.2. The third kappa shape index (κ3) is 4.07. The van der Waals surface area contributed by atoms with Gasteiger partial charge in [-0.25, -0.2) is 0 Å². The van der Waals surface area contributed by atoms with Crippen molar-refractivity contribution in [1.82, 2.24) is 5.32 Å². The molecule has 2 unspecified atom stereocenters. The number of carbonyl (C=O) groups is 2. The highest BCUT2D eigenvalue weighted by molar-refractivity contribution is 5.95. The maximum absolute atomic E-state index is 12.0. The molecule has 5 heteroatoms. The van der Waals surface area contributed by atoms with Crippen molar-refractivity contribution in [3.05, 3.63) is 29.8 Å². The second kappa shape index (κ2) is 7.40. The molecule has 5 nitrogen and oxygen atoms in total. The highest BCUT2D eigenvalue weighted by Crippen LogP contribution is 2.21. The maximum atomic E-state index is 12.0. The quantitative estimate of drug-likeness (QED) is 0.836. The van der Waals surface area contributed by atoms with Crippen LogP contribution in [0, 0.1) is 5.92 Å². The standard InChI is InChI=1S/C17H24N2O3/c1-12(11-20)13(2)18-16(21)10-14-5-7-15(8-6-14)19-9-3-4-17(19)22/h5-8,12-13,20H,3-4,9-11H2,1-2H3,(H,18,21). The summed E-state index contributed by atoms with van der Waals surface area (Å²) in [5.41, 5.74) is 1.81. The van der Waals surface area contributed by atoms with Crippen LogP contribution in [0.25, 0.3) is 0 Å². The Hall–Kier alpha value is -1.88. The van der Waals surface area contributed by atoms with Gasteiger partial charge in [0.1, 0.15) is 0 Å². The van der Waals surface area contributed by atoms with Crippen LogP contribution in [0.1, 0.15) is 32.3 Å². The van der Waals surface area contributed by atoms with Crippen molar-refractivity contribution >= 4 is 17.5 Å². The van der Waals surface area contributed by atoms with Gasteiger partial charge in [0.05, 0.1) is 6.42 Å². The van der Waals surface area contributed by atoms with Gasteiger partial charge in [-0.3, -0.25) is 9.59 Å². The molecule has 1 aromatic rings. The number of amides is 2. The number of carbonyl (C=O) groups excluding carboxylic acids is 2. The maximum Gasteiger partial charge on any atom is 0.227 e. The van der Waals surface area contributed by atoms with Crippen LogP contribution < -0.4 is 10.2 Å². The van der Waals surface area contributed by atoms with Crippen LogP contribution in [0.3, 0.4) is 0 Å². The summed E-state index contributed by atoms with van der Waals surface area (Å²) in [6.07, 6.45) is 1.83. The lowest BCUT2D eigenvalue weighted by molar-refractivity contribution is -0.121. The van der Waals surface area contributed by atoms with Gasteiger partial charge in [-0.2, -0.15) is 0 Å². The molecule has 0 aromatic heterocycles. The molecule has 1 aromatic carbocycles. The van der Waals surface area contributed by atoms with E-state index in [0.717, 1.165) is 24.2 Å². The highest BCUT2D eigenvalue weighted by atomic mass is 16.3. The SMILES string of the molecule is CC(CO)C(C)NC(=O)Cc1ccc(N2CCCC2=O)cc1. The molecule has 2 atom stereocenters. The lowest BCUT2D eigenvalue weighted by atomic mass is 10.0. The minimum atomic E-state index is -0.0576. The van der Waals surface area contributed by atoms with Crippen molar-refractivity contribution in [3.8, 4) is 0 Å². The van der Waals surface area contributed by atoms with E-state index in [1.807, 2.05) is 38.1 Å². The Morgan fingerprint density at radius 3 is 2.55 bits per heavy atom. The number of aliphatic hydroxyl groups excluding tert-OH is 1. The summed E-state index contributed by atoms with van der Waals surface area (Å²) in [7, 11) is 0. The van der Waals surface area contributed by atoms with Gasteiger partial charge < -0.3 is 15.3 Å². The van der Waals surface area contributed by atoms with E-state index in [2.05, 4.69) is 5.32 Å². The third-order valence-corrected chi connectivity index (χ3v) is 4.22. The third-order valence-electron chi connectivity index (χ3n) is 4.22. The molecule has 2 rings (SSSR count). The summed E-state index contributed by atoms with van der Waals surface area (Å²) in [5.74, 6) is 0.141. The molecule has 0 bridgehead atoms.